The molecule has 7 heteroatoms. The number of ether oxygens (including phenoxy) is 1. The fourth-order valence-corrected chi connectivity index (χ4v) is 4.81. The van der Waals surface area contributed by atoms with Crippen LogP contribution in [0.5, 0.6) is 0 Å². The third kappa shape index (κ3) is 3.03. The number of aliphatic hydroxyl groups is 1. The lowest BCUT2D eigenvalue weighted by atomic mass is 9.96. The molecule has 0 aliphatic rings. The highest BCUT2D eigenvalue weighted by atomic mass is 33.1. The summed E-state index contributed by atoms with van der Waals surface area (Å²) in [6, 6.07) is 9.66. The summed E-state index contributed by atoms with van der Waals surface area (Å²) in [5.41, 5.74) is 3.24. The molecule has 0 spiro atoms. The minimum atomic E-state index is -0.421. The number of aromatic nitrogens is 2. The Morgan fingerprint density at radius 1 is 1.21 bits per heavy atom. The molecule has 0 amide bonds. The number of hydrogen-bond donors (Lipinski definition) is 1. The number of carbonyl (C=O) groups excluding carboxylic acids is 1. The lowest BCUT2D eigenvalue weighted by molar-refractivity contribution is 0.157. The zero-order chi connectivity index (χ0) is 19.7. The summed E-state index contributed by atoms with van der Waals surface area (Å²) in [7, 11) is 3.29. The van der Waals surface area contributed by atoms with Gasteiger partial charge < -0.3 is 9.84 Å². The van der Waals surface area contributed by atoms with Gasteiger partial charge in [-0.25, -0.2) is 9.36 Å². The van der Waals surface area contributed by atoms with Crippen molar-refractivity contribution < 1.29 is 14.6 Å². The van der Waals surface area contributed by atoms with Crippen molar-refractivity contribution in [2.45, 2.75) is 13.5 Å². The first kappa shape index (κ1) is 19.1. The zero-order valence-electron chi connectivity index (χ0n) is 15.6. The molecule has 0 atom stereocenters. The monoisotopic (exact) mass is 412 g/mol. The summed E-state index contributed by atoms with van der Waals surface area (Å²) in [6.45, 7) is 2.19. The van der Waals surface area contributed by atoms with Crippen LogP contribution in [0.4, 0.5) is 4.79 Å². The van der Waals surface area contributed by atoms with Crippen molar-refractivity contribution in [2.75, 3.05) is 18.6 Å². The highest BCUT2D eigenvalue weighted by molar-refractivity contribution is 8.76. The van der Waals surface area contributed by atoms with E-state index in [0.29, 0.717) is 17.7 Å². The molecule has 0 radical (unpaired) electrons. The molecule has 0 aliphatic carbocycles. The number of nitrogens with zero attached hydrogens (tertiary/aromatic N) is 2. The topological polar surface area (TPSA) is 64.4 Å². The number of benzene rings is 2. The predicted octanol–water partition coefficient (Wildman–Crippen LogP) is 5.14. The number of aryl methyl sites for hydroxylation is 1. The molecular formula is C21H20N2O3S2. The number of hydrogen-bond acceptors (Lipinski definition) is 6. The third-order valence-corrected chi connectivity index (χ3v) is 6.71. The second-order valence-electron chi connectivity index (χ2n) is 6.36. The first-order valence-corrected chi connectivity index (χ1v) is 11.6. The van der Waals surface area contributed by atoms with Crippen molar-refractivity contribution in [1.82, 2.24) is 9.55 Å². The lowest BCUT2D eigenvalue weighted by Crippen LogP contribution is -2.16. The quantitative estimate of drug-likeness (QED) is 0.362. The smallest absolute Gasteiger partial charge is 0.419 e. The first-order valence-electron chi connectivity index (χ1n) is 8.91. The minimum Gasteiger partial charge on any atom is -0.448 e. The van der Waals surface area contributed by atoms with Crippen molar-refractivity contribution >= 4 is 60.3 Å². The van der Waals surface area contributed by atoms with Gasteiger partial charge in [-0.3, -0.25) is 4.98 Å². The van der Waals surface area contributed by atoms with Crippen LogP contribution in [0.15, 0.2) is 42.7 Å². The van der Waals surface area contributed by atoms with E-state index in [2.05, 4.69) is 4.98 Å². The van der Waals surface area contributed by atoms with Gasteiger partial charge in [-0.2, -0.15) is 0 Å². The predicted molar refractivity (Wildman–Crippen MR) is 118 cm³/mol. The Kier molecular flexibility index (Phi) is 5.48. The van der Waals surface area contributed by atoms with Gasteiger partial charge in [0.15, 0.2) is 0 Å². The van der Waals surface area contributed by atoms with E-state index in [1.807, 2.05) is 49.7 Å². The van der Waals surface area contributed by atoms with Crippen LogP contribution in [-0.2, 0) is 11.3 Å². The molecule has 1 N–H and O–H groups in total. The van der Waals surface area contributed by atoms with Gasteiger partial charge in [0.2, 0.25) is 0 Å². The summed E-state index contributed by atoms with van der Waals surface area (Å²) in [6.07, 6.45) is 5.09. The van der Waals surface area contributed by atoms with Crippen LogP contribution in [0.25, 0.3) is 32.6 Å². The summed E-state index contributed by atoms with van der Waals surface area (Å²) in [4.78, 5) is 17.3. The standard InChI is InChI=1S/C21H20N2O3S2/c1-13-16-11-22-8-7-14(16)17(12-24)20-19(13)15-5-3-4-6-18(15)23(20)21(25)26-9-10-28-27-2/h3-8,11,24H,9-10,12H2,1-2H3. The maximum absolute atomic E-state index is 13.0. The van der Waals surface area contributed by atoms with Crippen molar-refractivity contribution in [3.63, 3.8) is 0 Å². The van der Waals surface area contributed by atoms with Crippen LogP contribution >= 0.6 is 21.6 Å². The van der Waals surface area contributed by atoms with Gasteiger partial charge in [-0.1, -0.05) is 39.8 Å². The Morgan fingerprint density at radius 2 is 2.04 bits per heavy atom. The van der Waals surface area contributed by atoms with E-state index in [4.69, 9.17) is 4.74 Å². The van der Waals surface area contributed by atoms with E-state index in [9.17, 15) is 9.90 Å². The fourth-order valence-electron chi connectivity index (χ4n) is 3.78. The Balaban J connectivity index is 2.04. The molecule has 0 unspecified atom stereocenters. The van der Waals surface area contributed by atoms with Crippen molar-refractivity contribution in [3.8, 4) is 0 Å². The molecule has 4 rings (SSSR count). The Morgan fingerprint density at radius 3 is 2.82 bits per heavy atom. The summed E-state index contributed by atoms with van der Waals surface area (Å²) < 4.78 is 7.16. The average Bonchev–Trinajstić information content (AvgIpc) is 3.07. The molecule has 0 aliphatic heterocycles. The van der Waals surface area contributed by atoms with Gasteiger partial charge in [0.1, 0.15) is 6.61 Å². The normalized spacial score (nSPS) is 11.5. The molecule has 0 saturated carbocycles. The Hall–Kier alpha value is -2.22. The molecule has 0 saturated heterocycles. The van der Waals surface area contributed by atoms with Crippen LogP contribution in [0, 0.1) is 6.92 Å². The van der Waals surface area contributed by atoms with Crippen LogP contribution in [0.3, 0.4) is 0 Å². The van der Waals surface area contributed by atoms with Crippen LogP contribution in [0.2, 0.25) is 0 Å². The third-order valence-electron chi connectivity index (χ3n) is 4.94. The van der Waals surface area contributed by atoms with Gasteiger partial charge in [0, 0.05) is 39.9 Å². The maximum Gasteiger partial charge on any atom is 0.419 e. The van der Waals surface area contributed by atoms with E-state index >= 15 is 0 Å². The van der Waals surface area contributed by atoms with Crippen molar-refractivity contribution in [1.29, 1.82) is 0 Å². The highest BCUT2D eigenvalue weighted by Crippen LogP contribution is 2.38. The summed E-state index contributed by atoms with van der Waals surface area (Å²) >= 11 is 0. The van der Waals surface area contributed by atoms with Crippen LogP contribution in [-0.4, -0.2) is 39.4 Å². The molecule has 2 aromatic carbocycles. The molecule has 5 nitrogen and oxygen atoms in total. The highest BCUT2D eigenvalue weighted by Gasteiger charge is 2.23. The molecular weight excluding hydrogens is 392 g/mol. The average molecular weight is 413 g/mol. The molecule has 4 aromatic rings. The zero-order valence-corrected chi connectivity index (χ0v) is 17.3. The van der Waals surface area contributed by atoms with Gasteiger partial charge >= 0.3 is 6.09 Å². The Labute approximate surface area is 170 Å². The molecule has 2 aromatic heterocycles. The van der Waals surface area contributed by atoms with E-state index in [1.54, 1.807) is 32.4 Å². The number of aliphatic hydroxyl groups excluding tert-OH is 1. The second-order valence-corrected chi connectivity index (χ2v) is 9.05. The SMILES string of the molecule is CSSCCOC(=O)n1c2ccccc2c2c(C)c3cnccc3c(CO)c21. The molecule has 2 heterocycles. The second kappa shape index (κ2) is 8.03. The number of para-hydroxylation sites is 1. The van der Waals surface area contributed by atoms with Gasteiger partial charge in [-0.05, 0) is 36.3 Å². The number of rotatable bonds is 5. The number of carbonyl (C=O) groups is 1. The van der Waals surface area contributed by atoms with Crippen molar-refractivity contribution in [2.24, 2.45) is 0 Å². The van der Waals surface area contributed by atoms with Crippen LogP contribution in [0.1, 0.15) is 11.1 Å². The van der Waals surface area contributed by atoms with Gasteiger partial charge in [0.05, 0.1) is 17.6 Å². The fraction of sp³-hybridized carbons (Fsp3) is 0.238. The van der Waals surface area contributed by atoms with Gasteiger partial charge in [0.25, 0.3) is 0 Å². The minimum absolute atomic E-state index is 0.177. The van der Waals surface area contributed by atoms with E-state index < -0.39 is 6.09 Å². The first-order chi connectivity index (χ1) is 13.7. The van der Waals surface area contributed by atoms with Crippen molar-refractivity contribution in [3.05, 3.63) is 53.9 Å². The molecule has 144 valence electrons. The molecule has 0 bridgehead atoms. The summed E-state index contributed by atoms with van der Waals surface area (Å²) in [5.74, 6) is 0.727. The van der Waals surface area contributed by atoms with E-state index in [0.717, 1.165) is 38.4 Å². The van der Waals surface area contributed by atoms with Gasteiger partial charge in [-0.15, -0.1) is 0 Å². The largest absolute Gasteiger partial charge is 0.448 e. The van der Waals surface area contributed by atoms with E-state index in [1.165, 1.54) is 0 Å². The Bertz CT molecular complexity index is 1190. The summed E-state index contributed by atoms with van der Waals surface area (Å²) in [5, 5.41) is 14.0. The number of fused-ring (bicyclic) bond motifs is 4. The van der Waals surface area contributed by atoms with E-state index in [-0.39, 0.29) is 6.61 Å². The molecule has 0 fully saturated rings. The number of pyridine rings is 1. The maximum atomic E-state index is 13.0. The lowest BCUT2D eigenvalue weighted by Gasteiger charge is -2.13. The molecule has 28 heavy (non-hydrogen) atoms. The van der Waals surface area contributed by atoms with Crippen LogP contribution < -0.4 is 0 Å².